The predicted octanol–water partition coefficient (Wildman–Crippen LogP) is 1.40. The van der Waals surface area contributed by atoms with Crippen molar-refractivity contribution in [1.82, 2.24) is 5.32 Å². The molecule has 15 heavy (non-hydrogen) atoms. The van der Waals surface area contributed by atoms with Crippen LogP contribution in [0.4, 0.5) is 0 Å². The molecule has 0 spiro atoms. The number of unbranched alkanes of at least 4 members (excludes halogenated alkanes) is 1. The third-order valence-electron chi connectivity index (χ3n) is 2.89. The van der Waals surface area contributed by atoms with Crippen molar-refractivity contribution >= 4 is 5.97 Å². The Morgan fingerprint density at radius 1 is 1.67 bits per heavy atom. The average Bonchev–Trinajstić information content (AvgIpc) is 2.59. The molecule has 4 nitrogen and oxygen atoms in total. The first kappa shape index (κ1) is 12.5. The molecule has 0 aromatic carbocycles. The third-order valence-corrected chi connectivity index (χ3v) is 2.89. The Hall–Kier alpha value is -0.610. The molecule has 0 aromatic heterocycles. The number of aliphatic carboxylic acids is 1. The largest absolute Gasteiger partial charge is 0.480 e. The highest BCUT2D eigenvalue weighted by Crippen LogP contribution is 2.19. The van der Waals surface area contributed by atoms with Crippen LogP contribution in [-0.4, -0.2) is 35.9 Å². The number of carboxylic acid groups (broad SMARTS) is 1. The molecule has 0 aromatic rings. The van der Waals surface area contributed by atoms with Crippen LogP contribution in [0.15, 0.2) is 0 Å². The monoisotopic (exact) mass is 215 g/mol. The second kappa shape index (κ2) is 5.47. The Balaban J connectivity index is 2.46. The van der Waals surface area contributed by atoms with Crippen molar-refractivity contribution in [2.24, 2.45) is 0 Å². The zero-order chi connectivity index (χ0) is 11.3. The molecule has 2 unspecified atom stereocenters. The molecule has 1 rings (SSSR count). The number of carbonyl (C=O) groups is 1. The molecule has 1 saturated heterocycles. The van der Waals surface area contributed by atoms with Crippen molar-refractivity contribution in [3.8, 4) is 0 Å². The lowest BCUT2D eigenvalue weighted by molar-refractivity contribution is -0.140. The van der Waals surface area contributed by atoms with Crippen molar-refractivity contribution in [1.29, 1.82) is 0 Å². The summed E-state index contributed by atoms with van der Waals surface area (Å²) in [7, 11) is 0. The molecule has 2 N–H and O–H groups in total. The Morgan fingerprint density at radius 3 is 2.87 bits per heavy atom. The lowest BCUT2D eigenvalue weighted by atomic mass is 9.98. The van der Waals surface area contributed by atoms with E-state index >= 15 is 0 Å². The minimum absolute atomic E-state index is 0.156. The maximum atomic E-state index is 11.0. The Kier molecular flexibility index (Phi) is 4.54. The summed E-state index contributed by atoms with van der Waals surface area (Å²) in [4.78, 5) is 11.0. The lowest BCUT2D eigenvalue weighted by Gasteiger charge is -2.28. The van der Waals surface area contributed by atoms with Crippen molar-refractivity contribution in [2.45, 2.75) is 51.1 Å². The maximum Gasteiger partial charge on any atom is 0.320 e. The SMILES string of the molecule is CCCCC(NC1(C)CCOC1)C(=O)O. The van der Waals surface area contributed by atoms with E-state index in [1.54, 1.807) is 0 Å². The standard InChI is InChI=1S/C11H21NO3/c1-3-4-5-9(10(13)14)12-11(2)6-7-15-8-11/h9,12H,3-8H2,1-2H3,(H,13,14). The van der Waals surface area contributed by atoms with Crippen LogP contribution < -0.4 is 5.32 Å². The fourth-order valence-corrected chi connectivity index (χ4v) is 1.87. The topological polar surface area (TPSA) is 58.6 Å². The Bertz CT molecular complexity index is 212. The van der Waals surface area contributed by atoms with Gasteiger partial charge in [-0.1, -0.05) is 19.8 Å². The summed E-state index contributed by atoms with van der Waals surface area (Å²) in [6, 6.07) is -0.434. The van der Waals surface area contributed by atoms with E-state index in [0.717, 1.165) is 25.9 Å². The number of carboxylic acids is 1. The quantitative estimate of drug-likeness (QED) is 0.703. The minimum Gasteiger partial charge on any atom is -0.480 e. The molecular formula is C11H21NO3. The number of rotatable bonds is 6. The van der Waals surface area contributed by atoms with Crippen LogP contribution in [0.1, 0.15) is 39.5 Å². The van der Waals surface area contributed by atoms with Crippen LogP contribution in [0.25, 0.3) is 0 Å². The summed E-state index contributed by atoms with van der Waals surface area (Å²) in [5.74, 6) is -0.753. The van der Waals surface area contributed by atoms with Crippen LogP contribution in [0, 0.1) is 0 Å². The van der Waals surface area contributed by atoms with Crippen LogP contribution >= 0.6 is 0 Å². The van der Waals surface area contributed by atoms with Gasteiger partial charge in [0, 0.05) is 12.1 Å². The summed E-state index contributed by atoms with van der Waals surface area (Å²) < 4.78 is 5.29. The lowest BCUT2D eigenvalue weighted by Crippen LogP contribution is -2.51. The molecule has 0 saturated carbocycles. The molecule has 1 heterocycles. The minimum atomic E-state index is -0.753. The number of hydrogen-bond donors (Lipinski definition) is 2. The van der Waals surface area contributed by atoms with Gasteiger partial charge in [-0.15, -0.1) is 0 Å². The molecule has 0 aliphatic carbocycles. The fourth-order valence-electron chi connectivity index (χ4n) is 1.87. The van der Waals surface area contributed by atoms with E-state index in [1.165, 1.54) is 0 Å². The van der Waals surface area contributed by atoms with Crippen LogP contribution in [0.2, 0.25) is 0 Å². The van der Waals surface area contributed by atoms with Gasteiger partial charge in [0.25, 0.3) is 0 Å². The molecule has 1 fully saturated rings. The predicted molar refractivity (Wildman–Crippen MR) is 57.9 cm³/mol. The van der Waals surface area contributed by atoms with E-state index < -0.39 is 12.0 Å². The summed E-state index contributed by atoms with van der Waals surface area (Å²) in [5.41, 5.74) is -0.156. The highest BCUT2D eigenvalue weighted by Gasteiger charge is 2.33. The van der Waals surface area contributed by atoms with Crippen LogP contribution in [0.5, 0.6) is 0 Å². The van der Waals surface area contributed by atoms with E-state index in [9.17, 15) is 4.79 Å². The summed E-state index contributed by atoms with van der Waals surface area (Å²) in [6.45, 7) is 5.44. The summed E-state index contributed by atoms with van der Waals surface area (Å²) in [6.07, 6.45) is 3.56. The van der Waals surface area contributed by atoms with Gasteiger partial charge < -0.3 is 9.84 Å². The molecular weight excluding hydrogens is 194 g/mol. The number of hydrogen-bond acceptors (Lipinski definition) is 3. The smallest absolute Gasteiger partial charge is 0.320 e. The van der Waals surface area contributed by atoms with Crippen molar-refractivity contribution in [3.63, 3.8) is 0 Å². The van der Waals surface area contributed by atoms with Gasteiger partial charge in [0.1, 0.15) is 6.04 Å². The zero-order valence-electron chi connectivity index (χ0n) is 9.58. The normalized spacial score (nSPS) is 27.9. The first-order valence-electron chi connectivity index (χ1n) is 5.65. The Labute approximate surface area is 91.0 Å². The van der Waals surface area contributed by atoms with Gasteiger partial charge in [-0.25, -0.2) is 0 Å². The van der Waals surface area contributed by atoms with Gasteiger partial charge >= 0.3 is 5.97 Å². The van der Waals surface area contributed by atoms with Crippen molar-refractivity contribution in [2.75, 3.05) is 13.2 Å². The molecule has 0 bridgehead atoms. The highest BCUT2D eigenvalue weighted by atomic mass is 16.5. The average molecular weight is 215 g/mol. The first-order valence-corrected chi connectivity index (χ1v) is 5.65. The van der Waals surface area contributed by atoms with E-state index in [0.29, 0.717) is 13.0 Å². The van der Waals surface area contributed by atoms with Crippen molar-refractivity contribution in [3.05, 3.63) is 0 Å². The highest BCUT2D eigenvalue weighted by molar-refractivity contribution is 5.73. The van der Waals surface area contributed by atoms with Gasteiger partial charge in [0.2, 0.25) is 0 Å². The molecule has 1 aliphatic rings. The second-order valence-electron chi connectivity index (χ2n) is 4.54. The first-order chi connectivity index (χ1) is 7.07. The van der Waals surface area contributed by atoms with Crippen LogP contribution in [-0.2, 0) is 9.53 Å². The van der Waals surface area contributed by atoms with Gasteiger partial charge in [0.15, 0.2) is 0 Å². The molecule has 88 valence electrons. The third kappa shape index (κ3) is 3.80. The summed E-state index contributed by atoms with van der Waals surface area (Å²) in [5, 5.41) is 12.3. The van der Waals surface area contributed by atoms with E-state index in [1.807, 2.05) is 6.92 Å². The Morgan fingerprint density at radius 2 is 2.40 bits per heavy atom. The summed E-state index contributed by atoms with van der Waals surface area (Å²) >= 11 is 0. The van der Waals surface area contributed by atoms with Gasteiger partial charge in [-0.3, -0.25) is 10.1 Å². The van der Waals surface area contributed by atoms with Gasteiger partial charge in [-0.05, 0) is 19.8 Å². The number of nitrogens with one attached hydrogen (secondary N) is 1. The zero-order valence-corrected chi connectivity index (χ0v) is 9.58. The molecule has 0 amide bonds. The van der Waals surface area contributed by atoms with Gasteiger partial charge in [-0.2, -0.15) is 0 Å². The van der Waals surface area contributed by atoms with Crippen molar-refractivity contribution < 1.29 is 14.6 Å². The fraction of sp³-hybridized carbons (Fsp3) is 0.909. The number of ether oxygens (including phenoxy) is 1. The molecule has 0 radical (unpaired) electrons. The maximum absolute atomic E-state index is 11.0. The second-order valence-corrected chi connectivity index (χ2v) is 4.54. The molecule has 2 atom stereocenters. The van der Waals surface area contributed by atoms with E-state index in [-0.39, 0.29) is 5.54 Å². The van der Waals surface area contributed by atoms with Gasteiger partial charge in [0.05, 0.1) is 6.61 Å². The van der Waals surface area contributed by atoms with E-state index in [4.69, 9.17) is 9.84 Å². The molecule has 1 aliphatic heterocycles. The molecule has 4 heteroatoms. The van der Waals surface area contributed by atoms with E-state index in [2.05, 4.69) is 12.2 Å². The van der Waals surface area contributed by atoms with Crippen LogP contribution in [0.3, 0.4) is 0 Å².